The first-order chi connectivity index (χ1) is 43.2. The molecule has 0 aliphatic heterocycles. The predicted octanol–water partition coefficient (Wildman–Crippen LogP) is -0.00940. The summed E-state index contributed by atoms with van der Waals surface area (Å²) in [6, 6.07) is 1.44. The second-order valence-corrected chi connectivity index (χ2v) is 25.4. The summed E-state index contributed by atoms with van der Waals surface area (Å²) in [5.41, 5.74) is 34.9. The number of rotatable bonds is 42. The number of carbonyl (C=O) groups is 10. The van der Waals surface area contributed by atoms with Gasteiger partial charge in [-0.2, -0.15) is 0 Å². The van der Waals surface area contributed by atoms with Crippen molar-refractivity contribution in [1.82, 2.24) is 47.9 Å². The van der Waals surface area contributed by atoms with Gasteiger partial charge in [-0.1, -0.05) is 116 Å². The highest BCUT2D eigenvalue weighted by Crippen LogP contribution is 2.28. The van der Waals surface area contributed by atoms with Gasteiger partial charge in [0.15, 0.2) is 5.96 Å². The fourth-order valence-electron chi connectivity index (χ4n) is 11.0. The van der Waals surface area contributed by atoms with Crippen LogP contribution >= 0.6 is 0 Å². The van der Waals surface area contributed by atoms with Crippen LogP contribution in [0.1, 0.15) is 163 Å². The van der Waals surface area contributed by atoms with E-state index in [2.05, 4.69) is 52.8 Å². The van der Waals surface area contributed by atoms with Gasteiger partial charge in [-0.25, -0.2) is 0 Å². The van der Waals surface area contributed by atoms with E-state index in [0.717, 1.165) is 42.9 Å². The summed E-state index contributed by atoms with van der Waals surface area (Å²) in [7, 11) is 0. The van der Waals surface area contributed by atoms with E-state index < -0.39 is 120 Å². The smallest absolute Gasteiger partial charge is 0.245 e. The Bertz CT molecular complexity index is 2700. The molecule has 1 aliphatic carbocycles. The SMILES string of the molecule is CC(C)C[C@H](NC(=O)CN)C(=O)N[C@@H](CC(C)C)C(=O)N[C@@H](CCCCN)C(=O)N[C@@H](CCCN=C(N)N)C(=O)N[C@H](Cc1ccc2ccccc2c1)C(=O)N[C@@H](CCCCN)C(=O)N[C@H](C(=O)N[C@@H](CC(C)C)C(=O)N[C@@H](CC1CCCCC1)C(N)=O)[C@@H](C)O. The van der Waals surface area contributed by atoms with E-state index in [1.807, 2.05) is 77.9 Å². The Kier molecular flexibility index (Phi) is 35.1. The van der Waals surface area contributed by atoms with Crippen molar-refractivity contribution in [3.8, 4) is 0 Å². The van der Waals surface area contributed by atoms with Crippen LogP contribution in [0.4, 0.5) is 0 Å². The lowest BCUT2D eigenvalue weighted by Gasteiger charge is -2.30. The maximum absolute atomic E-state index is 15.0. The summed E-state index contributed by atoms with van der Waals surface area (Å²) in [5, 5.41) is 37.4. The first-order valence-corrected chi connectivity index (χ1v) is 32.5. The maximum Gasteiger partial charge on any atom is 0.245 e. The third-order valence-corrected chi connectivity index (χ3v) is 15.9. The highest BCUT2D eigenvalue weighted by Gasteiger charge is 2.37. The van der Waals surface area contributed by atoms with Crippen molar-refractivity contribution in [1.29, 1.82) is 0 Å². The van der Waals surface area contributed by atoms with E-state index in [1.165, 1.54) is 6.92 Å². The van der Waals surface area contributed by atoms with E-state index in [0.29, 0.717) is 37.7 Å². The number of guanidine groups is 1. The molecule has 1 aliphatic rings. The van der Waals surface area contributed by atoms with Crippen molar-refractivity contribution in [3.63, 3.8) is 0 Å². The van der Waals surface area contributed by atoms with Crippen molar-refractivity contribution < 1.29 is 53.1 Å². The third kappa shape index (κ3) is 29.1. The fraction of sp³-hybridized carbons (Fsp3) is 0.672. The number of aliphatic hydroxyl groups excluding tert-OH is 1. The molecule has 2 aromatic carbocycles. The van der Waals surface area contributed by atoms with Gasteiger partial charge in [0.05, 0.1) is 12.6 Å². The molecule has 3 rings (SSSR count). The molecule has 27 nitrogen and oxygen atoms in total. The molecule has 0 aromatic heterocycles. The van der Waals surface area contributed by atoms with Gasteiger partial charge >= 0.3 is 0 Å². The number of aliphatic hydroxyl groups is 1. The van der Waals surface area contributed by atoms with E-state index in [-0.39, 0.29) is 107 Å². The van der Waals surface area contributed by atoms with Crippen LogP contribution in [0.5, 0.6) is 0 Å². The molecule has 0 unspecified atom stereocenters. The van der Waals surface area contributed by atoms with Crippen LogP contribution in [0.2, 0.25) is 0 Å². The molecule has 10 amide bonds. The van der Waals surface area contributed by atoms with Crippen molar-refractivity contribution in [3.05, 3.63) is 48.0 Å². The number of nitrogens with two attached hydrogens (primary N) is 6. The highest BCUT2D eigenvalue weighted by molar-refractivity contribution is 5.99. The molecule has 22 N–H and O–H groups in total. The minimum atomic E-state index is -1.66. The summed E-state index contributed by atoms with van der Waals surface area (Å²) >= 11 is 0. The lowest BCUT2D eigenvalue weighted by atomic mass is 9.84. The monoisotopic (exact) mass is 1280 g/mol. The summed E-state index contributed by atoms with van der Waals surface area (Å²) in [6.45, 7) is 12.6. The molecule has 2 aromatic rings. The Morgan fingerprint density at radius 2 is 0.901 bits per heavy atom. The van der Waals surface area contributed by atoms with E-state index >= 15 is 0 Å². The zero-order chi connectivity index (χ0) is 67.7. The number of hydrogen-bond acceptors (Lipinski definition) is 15. The maximum atomic E-state index is 15.0. The molecule has 10 atom stereocenters. The molecule has 0 bridgehead atoms. The molecule has 1 saturated carbocycles. The quantitative estimate of drug-likeness (QED) is 0.0236. The second kappa shape index (κ2) is 41.1. The molecular formula is C64H108N16O11. The zero-order valence-corrected chi connectivity index (χ0v) is 54.6. The Morgan fingerprint density at radius 1 is 0.484 bits per heavy atom. The Morgan fingerprint density at radius 3 is 1.36 bits per heavy atom. The molecule has 27 heteroatoms. The molecule has 0 heterocycles. The molecule has 1 fully saturated rings. The Labute approximate surface area is 536 Å². The summed E-state index contributed by atoms with van der Waals surface area (Å²) in [6.07, 6.45) is 5.75. The number of primary amides is 1. The lowest BCUT2D eigenvalue weighted by molar-refractivity contribution is -0.137. The lowest BCUT2D eigenvalue weighted by Crippen LogP contribution is -2.62. The minimum absolute atomic E-state index is 0.0146. The van der Waals surface area contributed by atoms with Crippen molar-refractivity contribution in [2.45, 2.75) is 225 Å². The van der Waals surface area contributed by atoms with Crippen LogP contribution in [-0.2, 0) is 54.4 Å². The summed E-state index contributed by atoms with van der Waals surface area (Å²) in [4.78, 5) is 144. The van der Waals surface area contributed by atoms with Gasteiger partial charge in [-0.05, 0) is 137 Å². The number of amides is 10. The van der Waals surface area contributed by atoms with Gasteiger partial charge in [-0.15, -0.1) is 0 Å². The number of fused-ring (bicyclic) bond motifs is 1. The van der Waals surface area contributed by atoms with E-state index in [4.69, 9.17) is 34.4 Å². The third-order valence-electron chi connectivity index (χ3n) is 15.9. The second-order valence-electron chi connectivity index (χ2n) is 25.4. The van der Waals surface area contributed by atoms with Crippen LogP contribution in [0.25, 0.3) is 10.8 Å². The van der Waals surface area contributed by atoms with Gasteiger partial charge in [0.1, 0.15) is 54.4 Å². The van der Waals surface area contributed by atoms with Crippen molar-refractivity contribution in [2.75, 3.05) is 26.2 Å². The van der Waals surface area contributed by atoms with Gasteiger partial charge in [0.25, 0.3) is 0 Å². The Balaban J connectivity index is 2.04. The first kappa shape index (κ1) is 77.8. The molecule has 0 saturated heterocycles. The number of hydrogen-bond donors (Lipinski definition) is 16. The van der Waals surface area contributed by atoms with E-state index in [9.17, 15) is 53.1 Å². The minimum Gasteiger partial charge on any atom is -0.391 e. The number of carbonyl (C=O) groups excluding carboxylic acids is 10. The van der Waals surface area contributed by atoms with Gasteiger partial charge in [0.2, 0.25) is 59.1 Å². The number of nitrogens with zero attached hydrogens (tertiary/aromatic N) is 1. The Hall–Kier alpha value is -7.49. The topological polar surface area (TPSA) is 468 Å². The molecule has 91 heavy (non-hydrogen) atoms. The molecule has 0 radical (unpaired) electrons. The van der Waals surface area contributed by atoms with Gasteiger partial charge in [0, 0.05) is 13.0 Å². The van der Waals surface area contributed by atoms with E-state index in [1.54, 1.807) is 6.07 Å². The van der Waals surface area contributed by atoms with Gasteiger partial charge < -0.3 is 87.4 Å². The average Bonchev–Trinajstić information content (AvgIpc) is 1.33. The van der Waals surface area contributed by atoms with Crippen LogP contribution < -0.4 is 82.3 Å². The van der Waals surface area contributed by atoms with Gasteiger partial charge in [-0.3, -0.25) is 52.9 Å². The fourth-order valence-corrected chi connectivity index (χ4v) is 11.0. The zero-order valence-electron chi connectivity index (χ0n) is 54.6. The standard InChI is InChI=1S/C64H108N16O11/c1-37(2)30-49(72-53(82)36-67)59(87)77-50(31-38(3)4)60(88)74-45(22-13-15-27-65)56(84)73-47(24-17-29-71-64(69)70)57(85)78-52(35-42-25-26-43-20-11-12-21-44(43)33-42)62(90)75-46(23-14-16-28-66)58(86)80-54(40(7)81)63(91)79-51(32-39(5)6)61(89)76-48(55(68)83)34-41-18-9-8-10-19-41/h11-12,20-21,25-26,33,37-41,45-52,54,81H,8-10,13-19,22-24,27-32,34-36,65-67H2,1-7H3,(H2,68,83)(H,72,82)(H,73,84)(H,74,88)(H,75,90)(H,76,89)(H,77,87)(H,78,85)(H,79,91)(H,80,86)(H4,69,70,71)/t40-,45+,46+,47+,48+,49+,50+,51+,52-,54+/m1/s1. The van der Waals surface area contributed by atoms with Crippen LogP contribution in [0, 0.1) is 23.7 Å². The molecule has 0 spiro atoms. The summed E-state index contributed by atoms with van der Waals surface area (Å²) < 4.78 is 0. The molecule has 510 valence electrons. The van der Waals surface area contributed by atoms with Crippen LogP contribution in [0.15, 0.2) is 47.5 Å². The average molecular weight is 1280 g/mol. The highest BCUT2D eigenvalue weighted by atomic mass is 16.3. The number of aliphatic imine (C=N–C) groups is 1. The van der Waals surface area contributed by atoms with Crippen molar-refractivity contribution in [2.24, 2.45) is 63.1 Å². The predicted molar refractivity (Wildman–Crippen MR) is 350 cm³/mol. The molecular weight excluding hydrogens is 1170 g/mol. The number of benzene rings is 2. The van der Waals surface area contributed by atoms with Crippen LogP contribution in [-0.4, -0.2) is 157 Å². The van der Waals surface area contributed by atoms with Crippen LogP contribution in [0.3, 0.4) is 0 Å². The number of unbranched alkanes of at least 4 members (excludes halogenated alkanes) is 2. The normalized spacial score (nSPS) is 15.9. The van der Waals surface area contributed by atoms with Crippen molar-refractivity contribution >= 4 is 75.8 Å². The number of nitrogens with one attached hydrogen (secondary N) is 9. The largest absolute Gasteiger partial charge is 0.391 e. The summed E-state index contributed by atoms with van der Waals surface area (Å²) in [5.74, 6) is -7.83. The first-order valence-electron chi connectivity index (χ1n) is 32.5.